The van der Waals surface area contributed by atoms with Crippen LogP contribution in [0.3, 0.4) is 0 Å². The molecule has 0 fully saturated rings. The largest absolute Gasteiger partial charge is 0.416 e. The van der Waals surface area contributed by atoms with Crippen molar-refractivity contribution in [2.45, 2.75) is 26.1 Å². The first-order valence-electron chi connectivity index (χ1n) is 8.63. The first-order valence-corrected chi connectivity index (χ1v) is 8.63. The second kappa shape index (κ2) is 7.84. The normalized spacial score (nSPS) is 11.6. The molecular formula is C20H18F3N3O2. The van der Waals surface area contributed by atoms with Gasteiger partial charge in [0.25, 0.3) is 5.56 Å². The molecule has 2 aromatic carbocycles. The molecule has 5 nitrogen and oxygen atoms in total. The highest BCUT2D eigenvalue weighted by Crippen LogP contribution is 2.29. The molecule has 0 aliphatic carbocycles. The number of alkyl halides is 3. The van der Waals surface area contributed by atoms with Gasteiger partial charge in [0, 0.05) is 6.54 Å². The molecule has 0 spiro atoms. The summed E-state index contributed by atoms with van der Waals surface area (Å²) in [7, 11) is 0. The third-order valence-corrected chi connectivity index (χ3v) is 4.39. The summed E-state index contributed by atoms with van der Waals surface area (Å²) in [5.41, 5.74) is 1.15. The molecule has 0 radical (unpaired) electrons. The molecule has 0 atom stereocenters. The summed E-state index contributed by atoms with van der Waals surface area (Å²) >= 11 is 0. The van der Waals surface area contributed by atoms with Crippen LogP contribution < -0.4 is 10.9 Å². The fourth-order valence-corrected chi connectivity index (χ4v) is 2.87. The maximum Gasteiger partial charge on any atom is 0.416 e. The van der Waals surface area contributed by atoms with E-state index in [1.54, 1.807) is 12.1 Å². The van der Waals surface area contributed by atoms with E-state index in [2.05, 4.69) is 10.3 Å². The van der Waals surface area contributed by atoms with Crippen molar-refractivity contribution in [3.63, 3.8) is 0 Å². The topological polar surface area (TPSA) is 64.0 Å². The Hall–Kier alpha value is -3.16. The number of halogens is 3. The molecular weight excluding hydrogens is 371 g/mol. The minimum Gasteiger partial charge on any atom is -0.354 e. The van der Waals surface area contributed by atoms with Crippen molar-refractivity contribution >= 4 is 16.8 Å². The summed E-state index contributed by atoms with van der Waals surface area (Å²) in [4.78, 5) is 28.8. The molecule has 1 heterocycles. The van der Waals surface area contributed by atoms with Crippen LogP contribution in [-0.2, 0) is 23.9 Å². The molecule has 3 aromatic rings. The lowest BCUT2D eigenvalue weighted by Gasteiger charge is -2.10. The minimum atomic E-state index is -4.37. The lowest BCUT2D eigenvalue weighted by Crippen LogP contribution is -2.33. The third kappa shape index (κ3) is 4.39. The quantitative estimate of drug-likeness (QED) is 0.730. The van der Waals surface area contributed by atoms with Crippen molar-refractivity contribution in [3.8, 4) is 0 Å². The fourth-order valence-electron chi connectivity index (χ4n) is 2.87. The van der Waals surface area contributed by atoms with Gasteiger partial charge in [-0.05, 0) is 42.7 Å². The Bertz CT molecular complexity index is 1060. The number of fused-ring (bicyclic) bond motifs is 1. The van der Waals surface area contributed by atoms with Crippen molar-refractivity contribution in [2.75, 3.05) is 6.54 Å². The molecule has 0 aliphatic heterocycles. The highest BCUT2D eigenvalue weighted by atomic mass is 19.4. The molecule has 3 rings (SSSR count). The van der Waals surface area contributed by atoms with Gasteiger partial charge in [0.05, 0.1) is 22.8 Å². The highest BCUT2D eigenvalue weighted by Gasteiger charge is 2.29. The van der Waals surface area contributed by atoms with Gasteiger partial charge in [-0.2, -0.15) is 13.2 Å². The molecule has 1 N–H and O–H groups in total. The predicted molar refractivity (Wildman–Crippen MR) is 98.9 cm³/mol. The molecule has 8 heteroatoms. The van der Waals surface area contributed by atoms with Crippen LogP contribution in [0.1, 0.15) is 16.7 Å². The second-order valence-electron chi connectivity index (χ2n) is 6.44. The van der Waals surface area contributed by atoms with E-state index in [-0.39, 0.29) is 24.6 Å². The van der Waals surface area contributed by atoms with Gasteiger partial charge in [-0.3, -0.25) is 14.2 Å². The predicted octanol–water partition coefficient (Wildman–Crippen LogP) is 3.08. The SMILES string of the molecule is Cc1cccc2c(=O)n(CC(=O)NCCc3ccc(C(F)(F)F)cc3)cnc12. The van der Waals surface area contributed by atoms with Gasteiger partial charge < -0.3 is 5.32 Å². The van der Waals surface area contributed by atoms with E-state index >= 15 is 0 Å². The second-order valence-corrected chi connectivity index (χ2v) is 6.44. The van der Waals surface area contributed by atoms with Gasteiger partial charge in [-0.1, -0.05) is 24.3 Å². The first-order chi connectivity index (χ1) is 13.3. The molecule has 0 bridgehead atoms. The summed E-state index contributed by atoms with van der Waals surface area (Å²) in [6, 6.07) is 10.1. The molecule has 28 heavy (non-hydrogen) atoms. The highest BCUT2D eigenvalue weighted by molar-refractivity contribution is 5.81. The molecule has 1 aromatic heterocycles. The van der Waals surface area contributed by atoms with Gasteiger partial charge in [0.1, 0.15) is 6.54 Å². The Kier molecular flexibility index (Phi) is 5.48. The Morgan fingerprint density at radius 1 is 1.14 bits per heavy atom. The number of hydrogen-bond acceptors (Lipinski definition) is 3. The van der Waals surface area contributed by atoms with Gasteiger partial charge in [0.2, 0.25) is 5.91 Å². The first kappa shape index (κ1) is 19.6. The smallest absolute Gasteiger partial charge is 0.354 e. The average Bonchev–Trinajstić information content (AvgIpc) is 2.64. The van der Waals surface area contributed by atoms with Gasteiger partial charge in [-0.25, -0.2) is 4.98 Å². The monoisotopic (exact) mass is 389 g/mol. The zero-order chi connectivity index (χ0) is 20.3. The molecule has 0 unspecified atom stereocenters. The Balaban J connectivity index is 1.58. The molecule has 0 aliphatic rings. The van der Waals surface area contributed by atoms with E-state index in [1.807, 2.05) is 13.0 Å². The van der Waals surface area contributed by atoms with Gasteiger partial charge in [-0.15, -0.1) is 0 Å². The zero-order valence-corrected chi connectivity index (χ0v) is 15.1. The van der Waals surface area contributed by atoms with Crippen LogP contribution in [0.4, 0.5) is 13.2 Å². The lowest BCUT2D eigenvalue weighted by atomic mass is 10.1. The molecule has 0 saturated heterocycles. The number of aryl methyl sites for hydroxylation is 1. The summed E-state index contributed by atoms with van der Waals surface area (Å²) in [6.45, 7) is 1.93. The van der Waals surface area contributed by atoms with Gasteiger partial charge >= 0.3 is 6.18 Å². The number of amides is 1. The standard InChI is InChI=1S/C20H18F3N3O2/c1-13-3-2-4-16-18(13)25-12-26(19(16)28)11-17(27)24-10-9-14-5-7-15(8-6-14)20(21,22)23/h2-8,12H,9-11H2,1H3,(H,24,27). The van der Waals surface area contributed by atoms with Crippen molar-refractivity contribution in [2.24, 2.45) is 0 Å². The summed E-state index contributed by atoms with van der Waals surface area (Å²) in [6.07, 6.45) is -2.65. The maximum atomic E-state index is 12.5. The van der Waals surface area contributed by atoms with Gasteiger partial charge in [0.15, 0.2) is 0 Å². The summed E-state index contributed by atoms with van der Waals surface area (Å²) in [5, 5.41) is 3.11. The molecule has 146 valence electrons. The van der Waals surface area contributed by atoms with Crippen LogP contribution in [0.2, 0.25) is 0 Å². The number of nitrogens with one attached hydrogen (secondary N) is 1. The van der Waals surface area contributed by atoms with Crippen LogP contribution >= 0.6 is 0 Å². The van der Waals surface area contributed by atoms with Crippen molar-refractivity contribution < 1.29 is 18.0 Å². The van der Waals surface area contributed by atoms with Crippen LogP contribution in [0.5, 0.6) is 0 Å². The van der Waals surface area contributed by atoms with Crippen LogP contribution in [-0.4, -0.2) is 22.0 Å². The Labute approximate surface area is 158 Å². The van der Waals surface area contributed by atoms with E-state index in [9.17, 15) is 22.8 Å². The number of nitrogens with zero attached hydrogens (tertiary/aromatic N) is 2. The maximum absolute atomic E-state index is 12.5. The number of aromatic nitrogens is 2. The van der Waals surface area contributed by atoms with E-state index in [0.717, 1.165) is 17.7 Å². The number of rotatable bonds is 5. The molecule has 1 amide bonds. The lowest BCUT2D eigenvalue weighted by molar-refractivity contribution is -0.137. The number of benzene rings is 2. The van der Waals surface area contributed by atoms with E-state index < -0.39 is 11.7 Å². The van der Waals surface area contributed by atoms with Crippen molar-refractivity contribution in [1.82, 2.24) is 14.9 Å². The summed E-state index contributed by atoms with van der Waals surface area (Å²) in [5.74, 6) is -0.372. The number of hydrogen-bond donors (Lipinski definition) is 1. The average molecular weight is 389 g/mol. The number of carbonyl (C=O) groups is 1. The van der Waals surface area contributed by atoms with Crippen LogP contribution in [0, 0.1) is 6.92 Å². The van der Waals surface area contributed by atoms with E-state index in [4.69, 9.17) is 0 Å². The van der Waals surface area contributed by atoms with Crippen molar-refractivity contribution in [1.29, 1.82) is 0 Å². The van der Waals surface area contributed by atoms with E-state index in [0.29, 0.717) is 22.9 Å². The zero-order valence-electron chi connectivity index (χ0n) is 15.1. The van der Waals surface area contributed by atoms with Crippen molar-refractivity contribution in [3.05, 3.63) is 75.8 Å². The Morgan fingerprint density at radius 2 is 1.86 bits per heavy atom. The Morgan fingerprint density at radius 3 is 2.54 bits per heavy atom. The number of carbonyl (C=O) groups excluding carboxylic acids is 1. The van der Waals surface area contributed by atoms with Crippen LogP contribution in [0.15, 0.2) is 53.6 Å². The summed E-state index contributed by atoms with van der Waals surface area (Å²) < 4.78 is 38.9. The molecule has 0 saturated carbocycles. The fraction of sp³-hybridized carbons (Fsp3) is 0.250. The minimum absolute atomic E-state index is 0.178. The number of para-hydroxylation sites is 1. The third-order valence-electron chi connectivity index (χ3n) is 4.39. The van der Waals surface area contributed by atoms with E-state index in [1.165, 1.54) is 23.0 Å². The van der Waals surface area contributed by atoms with Crippen LogP contribution in [0.25, 0.3) is 10.9 Å².